The molecule has 2 nitrogen and oxygen atoms in total. The molecule has 1 heterocycles. The van der Waals surface area contributed by atoms with E-state index < -0.39 is 0 Å². The summed E-state index contributed by atoms with van der Waals surface area (Å²) in [6, 6.07) is 0. The van der Waals surface area contributed by atoms with Crippen LogP contribution in [-0.4, -0.2) is 36.6 Å². The first-order chi connectivity index (χ1) is 8.59. The SMILES string of the molecule is CC(C)C1CCN(CC(C)(C)CNC(C)(C)C)CC1. The van der Waals surface area contributed by atoms with Gasteiger partial charge < -0.3 is 10.2 Å². The van der Waals surface area contributed by atoms with Gasteiger partial charge in [-0.15, -0.1) is 0 Å². The maximum Gasteiger partial charge on any atom is 0.00967 e. The molecular weight excluding hydrogens is 232 g/mol. The van der Waals surface area contributed by atoms with Crippen LogP contribution in [0.25, 0.3) is 0 Å². The van der Waals surface area contributed by atoms with Crippen molar-refractivity contribution in [3.63, 3.8) is 0 Å². The molecule has 1 saturated heterocycles. The van der Waals surface area contributed by atoms with Crippen molar-refractivity contribution in [3.05, 3.63) is 0 Å². The topological polar surface area (TPSA) is 15.3 Å². The summed E-state index contributed by atoms with van der Waals surface area (Å²) in [5, 5.41) is 3.65. The van der Waals surface area contributed by atoms with E-state index in [2.05, 4.69) is 58.7 Å². The molecule has 0 saturated carbocycles. The zero-order valence-corrected chi connectivity index (χ0v) is 14.3. The Bertz CT molecular complexity index is 255. The van der Waals surface area contributed by atoms with E-state index in [4.69, 9.17) is 0 Å². The first-order valence-corrected chi connectivity index (χ1v) is 8.06. The van der Waals surface area contributed by atoms with Crippen molar-refractivity contribution in [1.29, 1.82) is 0 Å². The number of hydrogen-bond donors (Lipinski definition) is 1. The first-order valence-electron chi connectivity index (χ1n) is 8.06. The van der Waals surface area contributed by atoms with Gasteiger partial charge in [0.05, 0.1) is 0 Å². The van der Waals surface area contributed by atoms with Crippen molar-refractivity contribution in [3.8, 4) is 0 Å². The average molecular weight is 268 g/mol. The smallest absolute Gasteiger partial charge is 0.00967 e. The van der Waals surface area contributed by atoms with Crippen LogP contribution in [0.4, 0.5) is 0 Å². The largest absolute Gasteiger partial charge is 0.311 e. The summed E-state index contributed by atoms with van der Waals surface area (Å²) in [4.78, 5) is 2.67. The molecule has 19 heavy (non-hydrogen) atoms. The molecular formula is C17H36N2. The number of piperidine rings is 1. The molecule has 0 aromatic carbocycles. The predicted molar refractivity (Wildman–Crippen MR) is 85.5 cm³/mol. The molecule has 0 amide bonds. The van der Waals surface area contributed by atoms with E-state index >= 15 is 0 Å². The van der Waals surface area contributed by atoms with Crippen molar-refractivity contribution < 1.29 is 0 Å². The molecule has 0 aliphatic carbocycles. The number of nitrogens with zero attached hydrogens (tertiary/aromatic N) is 1. The van der Waals surface area contributed by atoms with Crippen molar-refractivity contribution in [2.45, 2.75) is 66.8 Å². The van der Waals surface area contributed by atoms with Gasteiger partial charge in [0.15, 0.2) is 0 Å². The number of likely N-dealkylation sites (tertiary alicyclic amines) is 1. The highest BCUT2D eigenvalue weighted by Gasteiger charge is 2.27. The highest BCUT2D eigenvalue weighted by atomic mass is 15.1. The molecule has 2 heteroatoms. The van der Waals surface area contributed by atoms with Gasteiger partial charge in [-0.05, 0) is 64.0 Å². The van der Waals surface area contributed by atoms with Gasteiger partial charge in [-0.1, -0.05) is 27.7 Å². The van der Waals surface area contributed by atoms with Crippen LogP contribution >= 0.6 is 0 Å². The van der Waals surface area contributed by atoms with Gasteiger partial charge in [-0.25, -0.2) is 0 Å². The lowest BCUT2D eigenvalue weighted by atomic mass is 9.85. The molecule has 0 radical (unpaired) electrons. The molecule has 1 N–H and O–H groups in total. The summed E-state index contributed by atoms with van der Waals surface area (Å²) < 4.78 is 0. The molecule has 1 aliphatic heterocycles. The Labute approximate surface area is 121 Å². The minimum atomic E-state index is 0.224. The number of hydrogen-bond acceptors (Lipinski definition) is 2. The maximum atomic E-state index is 3.65. The van der Waals surface area contributed by atoms with Crippen LogP contribution in [-0.2, 0) is 0 Å². The van der Waals surface area contributed by atoms with Gasteiger partial charge in [-0.3, -0.25) is 0 Å². The Morgan fingerprint density at radius 1 is 1.05 bits per heavy atom. The fourth-order valence-corrected chi connectivity index (χ4v) is 2.94. The van der Waals surface area contributed by atoms with Crippen molar-refractivity contribution in [2.24, 2.45) is 17.3 Å². The molecule has 0 atom stereocenters. The molecule has 0 unspecified atom stereocenters. The Morgan fingerprint density at radius 3 is 2.00 bits per heavy atom. The zero-order valence-electron chi connectivity index (χ0n) is 14.3. The summed E-state index contributed by atoms with van der Waals surface area (Å²) in [5.74, 6) is 1.81. The highest BCUT2D eigenvalue weighted by molar-refractivity contribution is 4.83. The lowest BCUT2D eigenvalue weighted by Crippen LogP contribution is -2.48. The molecule has 0 bridgehead atoms. The third-order valence-corrected chi connectivity index (χ3v) is 4.32. The third-order valence-electron chi connectivity index (χ3n) is 4.32. The Balaban J connectivity index is 2.34. The number of rotatable bonds is 5. The first kappa shape index (κ1) is 17.0. The molecule has 1 fully saturated rings. The minimum absolute atomic E-state index is 0.224. The van der Waals surface area contributed by atoms with Crippen LogP contribution in [0.15, 0.2) is 0 Å². The normalized spacial score (nSPS) is 20.2. The quantitative estimate of drug-likeness (QED) is 0.816. The molecule has 0 aromatic rings. The van der Waals surface area contributed by atoms with E-state index in [0.29, 0.717) is 5.41 Å². The van der Waals surface area contributed by atoms with Crippen LogP contribution < -0.4 is 5.32 Å². The second-order valence-corrected chi connectivity index (χ2v) is 8.63. The van der Waals surface area contributed by atoms with Crippen LogP contribution in [0.1, 0.15) is 61.3 Å². The van der Waals surface area contributed by atoms with Gasteiger partial charge in [0.25, 0.3) is 0 Å². The van der Waals surface area contributed by atoms with Gasteiger partial charge in [0, 0.05) is 18.6 Å². The summed E-state index contributed by atoms with van der Waals surface area (Å²) in [6.45, 7) is 21.2. The average Bonchev–Trinajstić information content (AvgIpc) is 2.26. The van der Waals surface area contributed by atoms with Gasteiger partial charge >= 0.3 is 0 Å². The molecule has 114 valence electrons. The van der Waals surface area contributed by atoms with Gasteiger partial charge in [0.2, 0.25) is 0 Å². The summed E-state index contributed by atoms with van der Waals surface area (Å²) in [5.41, 5.74) is 0.583. The van der Waals surface area contributed by atoms with E-state index in [1.54, 1.807) is 0 Å². The van der Waals surface area contributed by atoms with Crippen LogP contribution in [0.3, 0.4) is 0 Å². The molecule has 1 aliphatic rings. The number of nitrogens with one attached hydrogen (secondary N) is 1. The fourth-order valence-electron chi connectivity index (χ4n) is 2.94. The van der Waals surface area contributed by atoms with Crippen LogP contribution in [0.2, 0.25) is 0 Å². The van der Waals surface area contributed by atoms with E-state index in [0.717, 1.165) is 18.4 Å². The zero-order chi connectivity index (χ0) is 14.7. The van der Waals surface area contributed by atoms with Crippen molar-refractivity contribution in [1.82, 2.24) is 10.2 Å². The highest BCUT2D eigenvalue weighted by Crippen LogP contribution is 2.26. The van der Waals surface area contributed by atoms with E-state index in [1.165, 1.54) is 32.5 Å². The summed E-state index contributed by atoms with van der Waals surface area (Å²) in [7, 11) is 0. The lowest BCUT2D eigenvalue weighted by Gasteiger charge is -2.39. The Morgan fingerprint density at radius 2 is 1.58 bits per heavy atom. The summed E-state index contributed by atoms with van der Waals surface area (Å²) in [6.07, 6.45) is 2.78. The second kappa shape index (κ2) is 6.58. The van der Waals surface area contributed by atoms with Gasteiger partial charge in [-0.2, -0.15) is 0 Å². The monoisotopic (exact) mass is 268 g/mol. The predicted octanol–water partition coefficient (Wildman–Crippen LogP) is 3.77. The fraction of sp³-hybridized carbons (Fsp3) is 1.00. The Kier molecular flexibility index (Phi) is 5.88. The lowest BCUT2D eigenvalue weighted by molar-refractivity contribution is 0.109. The molecule has 1 rings (SSSR count). The van der Waals surface area contributed by atoms with E-state index in [1.807, 2.05) is 0 Å². The standard InChI is InChI=1S/C17H36N2/c1-14(2)15-8-10-19(11-9-15)13-17(6,7)12-18-16(3,4)5/h14-15,18H,8-13H2,1-7H3. The summed E-state index contributed by atoms with van der Waals surface area (Å²) >= 11 is 0. The van der Waals surface area contributed by atoms with Crippen LogP contribution in [0, 0.1) is 17.3 Å². The van der Waals surface area contributed by atoms with Crippen molar-refractivity contribution >= 4 is 0 Å². The Hall–Kier alpha value is -0.0800. The minimum Gasteiger partial charge on any atom is -0.311 e. The third kappa shape index (κ3) is 6.76. The maximum absolute atomic E-state index is 3.65. The van der Waals surface area contributed by atoms with Crippen LogP contribution in [0.5, 0.6) is 0 Å². The second-order valence-electron chi connectivity index (χ2n) is 8.63. The molecule has 0 aromatic heterocycles. The van der Waals surface area contributed by atoms with Gasteiger partial charge in [0.1, 0.15) is 0 Å². The van der Waals surface area contributed by atoms with E-state index in [9.17, 15) is 0 Å². The van der Waals surface area contributed by atoms with E-state index in [-0.39, 0.29) is 5.54 Å². The van der Waals surface area contributed by atoms with Crippen molar-refractivity contribution in [2.75, 3.05) is 26.2 Å². The molecule has 0 spiro atoms.